The van der Waals surface area contributed by atoms with E-state index in [0.29, 0.717) is 0 Å². The van der Waals surface area contributed by atoms with Crippen LogP contribution in [-0.4, -0.2) is 0 Å². The quantitative estimate of drug-likeness (QED) is 0.169. The van der Waals surface area contributed by atoms with Gasteiger partial charge in [-0.2, -0.15) is 0 Å². The van der Waals surface area contributed by atoms with Crippen molar-refractivity contribution in [2.75, 3.05) is 0 Å². The average Bonchev–Trinajstić information content (AvgIpc) is 3.84. The molecule has 0 aliphatic heterocycles. The van der Waals surface area contributed by atoms with E-state index in [2.05, 4.69) is 106 Å². The van der Waals surface area contributed by atoms with Gasteiger partial charge < -0.3 is 0 Å². The Balaban J connectivity index is 0.000000130. The number of rotatable bonds is 3. The maximum Gasteiger partial charge on any atom is 0.0711 e. The van der Waals surface area contributed by atoms with Crippen LogP contribution in [0.1, 0.15) is 32.1 Å². The molecule has 6 aromatic heterocycles. The summed E-state index contributed by atoms with van der Waals surface area (Å²) in [5.41, 5.74) is 0. The highest BCUT2D eigenvalue weighted by Crippen LogP contribution is 2.43. The number of unbranched alkanes of at least 4 members (excludes halogenated alkanes) is 1. The molecule has 0 saturated heterocycles. The normalized spacial score (nSPS) is 12.0. The number of hydrogen-bond acceptors (Lipinski definition) is 6. The molecule has 7 heteroatoms. The van der Waals surface area contributed by atoms with Crippen molar-refractivity contribution < 1.29 is 0 Å². The van der Waals surface area contributed by atoms with Crippen LogP contribution in [0, 0.1) is 0 Å². The molecule has 0 saturated carbocycles. The highest BCUT2D eigenvalue weighted by atomic mass is 79.9. The lowest BCUT2D eigenvalue weighted by molar-refractivity contribution is 0.804. The summed E-state index contributed by atoms with van der Waals surface area (Å²) in [6.45, 7) is 2.26. The van der Waals surface area contributed by atoms with Gasteiger partial charge >= 0.3 is 0 Å². The minimum absolute atomic E-state index is 0. The van der Waals surface area contributed by atoms with Crippen molar-refractivity contribution in [2.45, 2.75) is 33.6 Å². The summed E-state index contributed by atoms with van der Waals surface area (Å²) in [7, 11) is 0. The lowest BCUT2D eigenvalue weighted by Crippen LogP contribution is -1.76. The topological polar surface area (TPSA) is 0 Å². The van der Waals surface area contributed by atoms with Gasteiger partial charge in [0, 0.05) is 64.0 Å². The molecule has 0 radical (unpaired) electrons. The minimum atomic E-state index is 0. The first-order valence-corrected chi connectivity index (χ1v) is 20.1. The Morgan fingerprint density at radius 3 is 1.52 bits per heavy atom. The van der Waals surface area contributed by atoms with Crippen molar-refractivity contribution in [2.24, 2.45) is 0 Å². The first-order chi connectivity index (χ1) is 21.1. The predicted octanol–water partition coefficient (Wildman–Crippen LogP) is 15.7. The van der Waals surface area contributed by atoms with E-state index in [0.717, 1.165) is 0 Å². The van der Waals surface area contributed by atoms with Crippen LogP contribution in [0.4, 0.5) is 0 Å². The molecule has 218 valence electrons. The third kappa shape index (κ3) is 4.92. The van der Waals surface area contributed by atoms with Crippen LogP contribution in [0.2, 0.25) is 0 Å². The molecule has 0 unspecified atom stereocenters. The van der Waals surface area contributed by atoms with Crippen molar-refractivity contribution in [1.29, 1.82) is 0 Å². The Kier molecular flexibility index (Phi) is 7.57. The SMILES string of the molecule is Brc1cc2cc3c(cc2s1)sc1cc2sccc2cc13.C.CCCCc1cc2cc3c(cc2s1)sc1cc2sccc2cc13. The van der Waals surface area contributed by atoms with Gasteiger partial charge in [-0.1, -0.05) is 20.8 Å². The molecule has 0 nitrogen and oxygen atoms in total. The third-order valence-electron chi connectivity index (χ3n) is 8.16. The molecule has 0 bridgehead atoms. The highest BCUT2D eigenvalue weighted by Gasteiger charge is 2.12. The lowest BCUT2D eigenvalue weighted by atomic mass is 10.1. The number of thiophene rings is 6. The minimum Gasteiger partial charge on any atom is -0.144 e. The number of hydrogen-bond donors (Lipinski definition) is 0. The molecule has 0 atom stereocenters. The fourth-order valence-electron chi connectivity index (χ4n) is 6.03. The molecule has 0 amide bonds. The molecule has 10 rings (SSSR count). The van der Waals surface area contributed by atoms with Crippen LogP contribution < -0.4 is 0 Å². The first-order valence-electron chi connectivity index (χ1n) is 14.3. The van der Waals surface area contributed by atoms with Crippen LogP contribution >= 0.6 is 84.0 Å². The Labute approximate surface area is 287 Å². The smallest absolute Gasteiger partial charge is 0.0711 e. The molecular formula is C37H27BrS6. The van der Waals surface area contributed by atoms with E-state index in [-0.39, 0.29) is 7.43 Å². The molecule has 0 spiro atoms. The highest BCUT2D eigenvalue weighted by molar-refractivity contribution is 9.11. The van der Waals surface area contributed by atoms with Gasteiger partial charge in [-0.3, -0.25) is 0 Å². The predicted molar refractivity (Wildman–Crippen MR) is 213 cm³/mol. The third-order valence-corrected chi connectivity index (χ3v) is 14.9. The molecule has 4 aromatic carbocycles. The summed E-state index contributed by atoms with van der Waals surface area (Å²) in [6.07, 6.45) is 3.78. The lowest BCUT2D eigenvalue weighted by Gasteiger charge is -1.94. The molecule has 44 heavy (non-hydrogen) atoms. The van der Waals surface area contributed by atoms with E-state index in [1.165, 1.54) is 109 Å². The molecule has 0 aliphatic rings. The van der Waals surface area contributed by atoms with Gasteiger partial charge in [0.15, 0.2) is 0 Å². The van der Waals surface area contributed by atoms with Gasteiger partial charge in [0.2, 0.25) is 0 Å². The molecule has 6 heterocycles. The van der Waals surface area contributed by atoms with Gasteiger partial charge in [0.25, 0.3) is 0 Å². The molecular weight excluding hydrogens is 717 g/mol. The van der Waals surface area contributed by atoms with Crippen molar-refractivity contribution in [1.82, 2.24) is 0 Å². The maximum atomic E-state index is 3.59. The molecule has 0 fully saturated rings. The summed E-state index contributed by atoms with van der Waals surface area (Å²) < 4.78 is 12.4. The standard InChI is InChI=1S/C20H16S3.C16H7BrS3.CH4/c1-2-3-4-14-7-13-9-16-15-8-12-5-6-21-17(12)10-19(15)23-20(16)11-18(13)22-14;17-16-5-9-4-11-10-3-8-1-2-18-12(8)6-14(10)19-15(11)7-13(9)20-16;/h5-11H,2-4H2,1H3;1-7H;1H4. The van der Waals surface area contributed by atoms with Gasteiger partial charge in [-0.25, -0.2) is 0 Å². The van der Waals surface area contributed by atoms with Crippen molar-refractivity contribution in [3.8, 4) is 0 Å². The second kappa shape index (κ2) is 11.5. The van der Waals surface area contributed by atoms with Gasteiger partial charge in [0.05, 0.1) is 3.79 Å². The average molecular weight is 744 g/mol. The fourth-order valence-corrected chi connectivity index (χ4v) is 13.0. The van der Waals surface area contributed by atoms with E-state index >= 15 is 0 Å². The van der Waals surface area contributed by atoms with Crippen LogP contribution in [-0.2, 0) is 6.42 Å². The molecule has 0 aliphatic carbocycles. The van der Waals surface area contributed by atoms with Crippen LogP contribution in [0.25, 0.3) is 80.7 Å². The largest absolute Gasteiger partial charge is 0.144 e. The van der Waals surface area contributed by atoms with Crippen molar-refractivity contribution >= 4 is 165 Å². The van der Waals surface area contributed by atoms with Gasteiger partial charge in [0.1, 0.15) is 0 Å². The zero-order valence-corrected chi connectivity index (χ0v) is 29.5. The van der Waals surface area contributed by atoms with E-state index in [4.69, 9.17) is 0 Å². The number of fused-ring (bicyclic) bond motifs is 10. The maximum absolute atomic E-state index is 3.59. The van der Waals surface area contributed by atoms with E-state index in [9.17, 15) is 0 Å². The van der Waals surface area contributed by atoms with Crippen LogP contribution in [0.15, 0.2) is 87.3 Å². The summed E-state index contributed by atoms with van der Waals surface area (Å²) in [4.78, 5) is 1.53. The van der Waals surface area contributed by atoms with Crippen LogP contribution in [0.3, 0.4) is 0 Å². The summed E-state index contributed by atoms with van der Waals surface area (Å²) in [5.74, 6) is 0. The Bertz CT molecular complexity index is 2630. The number of halogens is 1. The van der Waals surface area contributed by atoms with E-state index in [1.807, 2.05) is 56.7 Å². The van der Waals surface area contributed by atoms with Gasteiger partial charge in [-0.05, 0) is 134 Å². The second-order valence-electron chi connectivity index (χ2n) is 11.0. The zero-order valence-electron chi connectivity index (χ0n) is 23.0. The summed E-state index contributed by atoms with van der Waals surface area (Å²) in [6, 6.07) is 28.0. The molecule has 10 aromatic rings. The zero-order chi connectivity index (χ0) is 28.7. The first kappa shape index (κ1) is 29.1. The Hall–Kier alpha value is -2.36. The number of benzene rings is 4. The van der Waals surface area contributed by atoms with Crippen LogP contribution in [0.5, 0.6) is 0 Å². The summed E-state index contributed by atoms with van der Waals surface area (Å²) in [5, 5.41) is 15.4. The van der Waals surface area contributed by atoms with Crippen molar-refractivity contribution in [3.05, 3.63) is 92.2 Å². The monoisotopic (exact) mass is 742 g/mol. The second-order valence-corrected chi connectivity index (χ2v) is 18.7. The molecule has 0 N–H and O–H groups in total. The van der Waals surface area contributed by atoms with Crippen molar-refractivity contribution in [3.63, 3.8) is 0 Å². The van der Waals surface area contributed by atoms with Gasteiger partial charge in [-0.15, -0.1) is 68.0 Å². The Morgan fingerprint density at radius 1 is 0.500 bits per heavy atom. The van der Waals surface area contributed by atoms with E-state index in [1.54, 1.807) is 11.3 Å². The fraction of sp³-hybridized carbons (Fsp3) is 0.135. The number of aryl methyl sites for hydroxylation is 1. The van der Waals surface area contributed by atoms with E-state index < -0.39 is 0 Å². The Morgan fingerprint density at radius 2 is 0.977 bits per heavy atom. The summed E-state index contributed by atoms with van der Waals surface area (Å²) >= 11 is 14.9.